The van der Waals surface area contributed by atoms with Crippen LogP contribution in [-0.2, 0) is 16.0 Å². The molecule has 170 valence electrons. The van der Waals surface area contributed by atoms with E-state index in [2.05, 4.69) is 10.2 Å². The third-order valence-corrected chi connectivity index (χ3v) is 6.20. The van der Waals surface area contributed by atoms with Crippen LogP contribution in [0.4, 0.5) is 0 Å². The molecule has 1 aliphatic heterocycles. The average molecular weight is 465 g/mol. The highest BCUT2D eigenvalue weighted by Crippen LogP contribution is 2.40. The summed E-state index contributed by atoms with van der Waals surface area (Å²) in [6, 6.07) is 15.0. The first kappa shape index (κ1) is 22.6. The van der Waals surface area contributed by atoms with Crippen molar-refractivity contribution in [1.82, 2.24) is 14.9 Å². The Kier molecular flexibility index (Phi) is 6.50. The molecule has 0 fully saturated rings. The second kappa shape index (κ2) is 9.50. The first-order valence-corrected chi connectivity index (χ1v) is 11.3. The highest BCUT2D eigenvalue weighted by Gasteiger charge is 2.34. The van der Waals surface area contributed by atoms with Crippen molar-refractivity contribution in [3.8, 4) is 11.5 Å². The molecule has 4 rings (SSSR count). The van der Waals surface area contributed by atoms with Crippen LogP contribution in [0.2, 0.25) is 0 Å². The van der Waals surface area contributed by atoms with Gasteiger partial charge in [0.15, 0.2) is 11.6 Å². The summed E-state index contributed by atoms with van der Waals surface area (Å²) in [5.74, 6) is 1.66. The zero-order valence-electron chi connectivity index (χ0n) is 18.9. The van der Waals surface area contributed by atoms with Gasteiger partial charge < -0.3 is 9.47 Å². The Balaban J connectivity index is 1.79. The first-order chi connectivity index (χ1) is 15.9. The van der Waals surface area contributed by atoms with E-state index >= 15 is 0 Å². The number of Topliss-reactive ketones (excluding diaryl/α,β-unsaturated/α-hetero) is 1. The zero-order valence-corrected chi connectivity index (χ0v) is 19.7. The number of allylic oxidation sites excluding steroid dienone is 1. The number of rotatable bonds is 7. The van der Waals surface area contributed by atoms with Crippen molar-refractivity contribution in [2.45, 2.75) is 32.3 Å². The fourth-order valence-corrected chi connectivity index (χ4v) is 4.58. The van der Waals surface area contributed by atoms with Crippen molar-refractivity contribution in [3.05, 3.63) is 70.4 Å². The third kappa shape index (κ3) is 4.49. The fraction of sp³-hybridized carbons (Fsp3) is 0.250. The smallest absolute Gasteiger partial charge is 0.243 e. The van der Waals surface area contributed by atoms with Crippen LogP contribution in [-0.4, -0.2) is 40.3 Å². The quantitative estimate of drug-likeness (QED) is 0.525. The molecule has 0 atom stereocenters. The van der Waals surface area contributed by atoms with Gasteiger partial charge in [0.1, 0.15) is 11.5 Å². The molecule has 0 saturated heterocycles. The number of carbonyl (C=O) groups is 2. The van der Waals surface area contributed by atoms with E-state index in [1.807, 2.05) is 55.5 Å². The maximum atomic E-state index is 12.9. The van der Waals surface area contributed by atoms with E-state index in [4.69, 9.17) is 9.47 Å². The van der Waals surface area contributed by atoms with Crippen LogP contribution >= 0.6 is 11.8 Å². The van der Waals surface area contributed by atoms with Crippen molar-refractivity contribution < 1.29 is 19.1 Å². The fourth-order valence-electron chi connectivity index (χ4n) is 3.60. The summed E-state index contributed by atoms with van der Waals surface area (Å²) in [6.45, 7) is 5.41. The topological polar surface area (TPSA) is 86.6 Å². The number of amides is 1. The second-order valence-electron chi connectivity index (χ2n) is 7.36. The highest BCUT2D eigenvalue weighted by molar-refractivity contribution is 8.04. The number of benzene rings is 2. The largest absolute Gasteiger partial charge is 0.497 e. The number of hydrogen-bond donors (Lipinski definition) is 0. The van der Waals surface area contributed by atoms with Gasteiger partial charge in [-0.25, -0.2) is 9.69 Å². The molecule has 2 heterocycles. The number of aromatic nitrogens is 3. The summed E-state index contributed by atoms with van der Waals surface area (Å²) in [6.07, 6.45) is 0.452. The number of carbonyl (C=O) groups excluding carboxylic acids is 2. The number of fused-ring (bicyclic) bond motifs is 1. The maximum Gasteiger partial charge on any atom is 0.243 e. The Morgan fingerprint density at radius 1 is 0.970 bits per heavy atom. The molecule has 0 aliphatic carbocycles. The van der Waals surface area contributed by atoms with Crippen LogP contribution in [0.3, 0.4) is 0 Å². The molecule has 2 aromatic carbocycles. The number of hydrogen-bond acceptors (Lipinski definition) is 7. The molecule has 0 unspecified atom stereocenters. The van der Waals surface area contributed by atoms with E-state index in [9.17, 15) is 9.59 Å². The van der Waals surface area contributed by atoms with Gasteiger partial charge in [0.2, 0.25) is 11.1 Å². The molecule has 0 bridgehead atoms. The molecule has 0 N–H and O–H groups in total. The van der Waals surface area contributed by atoms with Crippen LogP contribution < -0.4 is 14.5 Å². The van der Waals surface area contributed by atoms with Crippen molar-refractivity contribution in [3.63, 3.8) is 0 Å². The van der Waals surface area contributed by atoms with Crippen LogP contribution in [0, 0.1) is 0 Å². The van der Waals surface area contributed by atoms with E-state index in [0.29, 0.717) is 40.4 Å². The summed E-state index contributed by atoms with van der Waals surface area (Å²) in [7, 11) is 1.62. The van der Waals surface area contributed by atoms with E-state index in [1.54, 1.807) is 11.8 Å². The molecular formula is C24H24N4O4S. The molecule has 0 spiro atoms. The monoisotopic (exact) mass is 464 g/mol. The lowest BCUT2D eigenvalue weighted by Crippen LogP contribution is -2.41. The molecule has 3 aromatic rings. The zero-order chi connectivity index (χ0) is 23.5. The number of ether oxygens (including phenoxy) is 2. The Morgan fingerprint density at radius 2 is 1.64 bits per heavy atom. The van der Waals surface area contributed by atoms with E-state index in [-0.39, 0.29) is 11.7 Å². The third-order valence-electron chi connectivity index (χ3n) is 5.07. The SMILES string of the molecule is CCOc1ccc(C2=C(C(C)=O)Sc3nnc(Cc4ccc(OC)cc4)n3N2C(C)=O)cc1. The minimum atomic E-state index is -0.255. The number of methoxy groups -OCH3 is 1. The van der Waals surface area contributed by atoms with Gasteiger partial charge in [-0.05, 0) is 67.6 Å². The molecule has 1 aliphatic rings. The summed E-state index contributed by atoms with van der Waals surface area (Å²) in [5, 5.41) is 10.6. The predicted octanol–water partition coefficient (Wildman–Crippen LogP) is 3.82. The van der Waals surface area contributed by atoms with Crippen LogP contribution in [0.25, 0.3) is 5.70 Å². The number of nitrogens with zero attached hydrogens (tertiary/aromatic N) is 4. The van der Waals surface area contributed by atoms with Gasteiger partial charge in [-0.2, -0.15) is 0 Å². The molecule has 1 amide bonds. The van der Waals surface area contributed by atoms with Gasteiger partial charge in [0, 0.05) is 18.9 Å². The predicted molar refractivity (Wildman–Crippen MR) is 126 cm³/mol. The van der Waals surface area contributed by atoms with Crippen LogP contribution in [0.5, 0.6) is 11.5 Å². The molecule has 0 radical (unpaired) electrons. The first-order valence-electron chi connectivity index (χ1n) is 10.5. The van der Waals surface area contributed by atoms with Crippen molar-refractivity contribution >= 4 is 29.1 Å². The summed E-state index contributed by atoms with van der Waals surface area (Å²) >= 11 is 1.22. The highest BCUT2D eigenvalue weighted by atomic mass is 32.2. The minimum absolute atomic E-state index is 0.152. The van der Waals surface area contributed by atoms with E-state index in [1.165, 1.54) is 30.6 Å². The maximum absolute atomic E-state index is 12.9. The molecule has 33 heavy (non-hydrogen) atoms. The van der Waals surface area contributed by atoms with E-state index in [0.717, 1.165) is 16.9 Å². The lowest BCUT2D eigenvalue weighted by molar-refractivity contribution is -0.117. The van der Waals surface area contributed by atoms with Gasteiger partial charge in [-0.1, -0.05) is 12.1 Å². The Morgan fingerprint density at radius 3 is 2.21 bits per heavy atom. The average Bonchev–Trinajstić information content (AvgIpc) is 3.21. The molecule has 1 aromatic heterocycles. The summed E-state index contributed by atoms with van der Waals surface area (Å²) in [5.41, 5.74) is 2.22. The van der Waals surface area contributed by atoms with Gasteiger partial charge in [0.25, 0.3) is 0 Å². The second-order valence-corrected chi connectivity index (χ2v) is 8.34. The Hall–Kier alpha value is -3.59. The number of thioether (sulfide) groups is 1. The summed E-state index contributed by atoms with van der Waals surface area (Å²) in [4.78, 5) is 25.9. The summed E-state index contributed by atoms with van der Waals surface area (Å²) < 4.78 is 12.5. The normalized spacial score (nSPS) is 13.0. The lowest BCUT2D eigenvalue weighted by Gasteiger charge is -2.32. The van der Waals surface area contributed by atoms with Gasteiger partial charge in [-0.3, -0.25) is 9.59 Å². The van der Waals surface area contributed by atoms with Crippen LogP contribution in [0.15, 0.2) is 58.6 Å². The molecule has 8 nitrogen and oxygen atoms in total. The molecule has 0 saturated carbocycles. The number of ketones is 1. The molecule has 9 heteroatoms. The van der Waals surface area contributed by atoms with Gasteiger partial charge >= 0.3 is 0 Å². The Bertz CT molecular complexity index is 1220. The van der Waals surface area contributed by atoms with Crippen molar-refractivity contribution in [2.75, 3.05) is 18.7 Å². The molecular weight excluding hydrogens is 440 g/mol. The van der Waals surface area contributed by atoms with Crippen molar-refractivity contribution in [1.29, 1.82) is 0 Å². The van der Waals surface area contributed by atoms with Crippen molar-refractivity contribution in [2.24, 2.45) is 0 Å². The lowest BCUT2D eigenvalue weighted by atomic mass is 10.1. The van der Waals surface area contributed by atoms with E-state index < -0.39 is 0 Å². The minimum Gasteiger partial charge on any atom is -0.497 e. The van der Waals surface area contributed by atoms with Crippen LogP contribution in [0.1, 0.15) is 37.7 Å². The van der Waals surface area contributed by atoms with Gasteiger partial charge in [-0.15, -0.1) is 10.2 Å². The van der Waals surface area contributed by atoms with Gasteiger partial charge in [0.05, 0.1) is 24.3 Å². The standard InChI is InChI=1S/C24H24N4O4S/c1-5-32-20-12-8-18(9-13-20)22-23(15(2)29)33-24-26-25-21(28(24)27(22)16(3)30)14-17-6-10-19(31-4)11-7-17/h6-13H,5,14H2,1-4H3. The Labute approximate surface area is 196 Å².